The second-order valence-electron chi connectivity index (χ2n) is 4.08. The maximum atomic E-state index is 4.28. The van der Waals surface area contributed by atoms with Crippen molar-refractivity contribution < 1.29 is 0 Å². The first kappa shape index (κ1) is 12.2. The minimum atomic E-state index is 0.460. The highest BCUT2D eigenvalue weighted by molar-refractivity contribution is 7.13. The lowest BCUT2D eigenvalue weighted by atomic mass is 10.4. The van der Waals surface area contributed by atoms with E-state index in [4.69, 9.17) is 0 Å². The Balaban J connectivity index is 2.12. The summed E-state index contributed by atoms with van der Waals surface area (Å²) in [7, 11) is 0. The molecule has 92 valence electrons. The van der Waals surface area contributed by atoms with E-state index in [1.807, 2.05) is 10.8 Å². The van der Waals surface area contributed by atoms with Gasteiger partial charge >= 0.3 is 0 Å². The van der Waals surface area contributed by atoms with Crippen LogP contribution in [0.1, 0.15) is 31.6 Å². The normalized spacial score (nSPS) is 11.3. The van der Waals surface area contributed by atoms with Gasteiger partial charge in [-0.05, 0) is 0 Å². The molecule has 0 atom stereocenters. The van der Waals surface area contributed by atoms with Crippen molar-refractivity contribution in [3.05, 3.63) is 23.2 Å². The van der Waals surface area contributed by atoms with Crippen LogP contribution in [-0.4, -0.2) is 25.8 Å². The fraction of sp³-hybridized carbons (Fsp3) is 0.545. The van der Waals surface area contributed by atoms with E-state index in [1.54, 1.807) is 17.5 Å². The minimum absolute atomic E-state index is 0.460. The number of hydrogen-bond acceptors (Lipinski definition) is 5. The topological polar surface area (TPSA) is 55.6 Å². The zero-order chi connectivity index (χ0) is 12.3. The number of rotatable bonds is 5. The molecule has 2 aromatic rings. The fourth-order valence-corrected chi connectivity index (χ4v) is 2.27. The van der Waals surface area contributed by atoms with Crippen molar-refractivity contribution in [1.29, 1.82) is 0 Å². The molecule has 0 aromatic carbocycles. The number of nitrogens with one attached hydrogen (secondary N) is 1. The first-order chi connectivity index (χ1) is 8.20. The van der Waals surface area contributed by atoms with E-state index in [0.717, 1.165) is 28.9 Å². The van der Waals surface area contributed by atoms with Gasteiger partial charge in [0.15, 0.2) is 0 Å². The van der Waals surface area contributed by atoms with E-state index in [-0.39, 0.29) is 0 Å². The fourth-order valence-electron chi connectivity index (χ4n) is 1.48. The molecule has 2 heterocycles. The van der Waals surface area contributed by atoms with Gasteiger partial charge in [-0.3, -0.25) is 4.57 Å². The van der Waals surface area contributed by atoms with Crippen LogP contribution in [0.25, 0.3) is 5.13 Å². The summed E-state index contributed by atoms with van der Waals surface area (Å²) in [5, 5.41) is 13.6. The Labute approximate surface area is 105 Å². The lowest BCUT2D eigenvalue weighted by Gasteiger charge is -2.03. The van der Waals surface area contributed by atoms with Crippen LogP contribution in [0.4, 0.5) is 0 Å². The number of nitrogens with zero attached hydrogens (tertiary/aromatic N) is 4. The second kappa shape index (κ2) is 5.37. The first-order valence-electron chi connectivity index (χ1n) is 5.79. The maximum Gasteiger partial charge on any atom is 0.217 e. The highest BCUT2D eigenvalue weighted by Crippen LogP contribution is 2.16. The summed E-state index contributed by atoms with van der Waals surface area (Å²) >= 11 is 1.60. The number of aryl methyl sites for hydroxylation is 1. The third kappa shape index (κ3) is 2.89. The quantitative estimate of drug-likeness (QED) is 0.880. The van der Waals surface area contributed by atoms with Gasteiger partial charge in [-0.15, -0.1) is 10.2 Å². The molecule has 6 heteroatoms. The monoisotopic (exact) mass is 251 g/mol. The summed E-state index contributed by atoms with van der Waals surface area (Å²) in [6, 6.07) is 0.460. The van der Waals surface area contributed by atoms with Crippen LogP contribution >= 0.6 is 11.3 Å². The summed E-state index contributed by atoms with van der Waals surface area (Å²) in [4.78, 5) is 4.28. The van der Waals surface area contributed by atoms with Crippen molar-refractivity contribution in [2.45, 2.75) is 39.8 Å². The first-order valence-corrected chi connectivity index (χ1v) is 6.60. The Morgan fingerprint density at radius 2 is 2.24 bits per heavy atom. The Morgan fingerprint density at radius 3 is 2.94 bits per heavy atom. The van der Waals surface area contributed by atoms with Crippen LogP contribution in [-0.2, 0) is 13.0 Å². The zero-order valence-electron chi connectivity index (χ0n) is 10.3. The van der Waals surface area contributed by atoms with Crippen LogP contribution < -0.4 is 5.32 Å². The summed E-state index contributed by atoms with van der Waals surface area (Å²) < 4.78 is 2.00. The van der Waals surface area contributed by atoms with Gasteiger partial charge in [0.25, 0.3) is 0 Å². The van der Waals surface area contributed by atoms with E-state index < -0.39 is 0 Å². The van der Waals surface area contributed by atoms with E-state index in [0.29, 0.717) is 6.04 Å². The van der Waals surface area contributed by atoms with Crippen LogP contribution in [0.5, 0.6) is 0 Å². The Bertz CT molecular complexity index is 474. The largest absolute Gasteiger partial charge is 0.308 e. The Hall–Kier alpha value is -1.27. The molecule has 2 aromatic heterocycles. The molecule has 0 fully saturated rings. The van der Waals surface area contributed by atoms with Crippen LogP contribution in [0.3, 0.4) is 0 Å². The molecule has 17 heavy (non-hydrogen) atoms. The predicted octanol–water partition coefficient (Wildman–Crippen LogP) is 1.78. The molecule has 0 bridgehead atoms. The molecule has 0 saturated carbocycles. The molecule has 0 unspecified atom stereocenters. The number of imidazole rings is 1. The molecule has 5 nitrogen and oxygen atoms in total. The van der Waals surface area contributed by atoms with Crippen LogP contribution in [0.15, 0.2) is 12.4 Å². The Kier molecular flexibility index (Phi) is 3.86. The molecule has 0 aliphatic carbocycles. The Morgan fingerprint density at radius 1 is 1.41 bits per heavy atom. The minimum Gasteiger partial charge on any atom is -0.308 e. The van der Waals surface area contributed by atoms with Crippen molar-refractivity contribution in [3.8, 4) is 5.13 Å². The molecule has 0 saturated heterocycles. The van der Waals surface area contributed by atoms with Gasteiger partial charge in [-0.25, -0.2) is 4.98 Å². The van der Waals surface area contributed by atoms with Gasteiger partial charge in [0.05, 0.1) is 0 Å². The van der Waals surface area contributed by atoms with Crippen molar-refractivity contribution in [3.63, 3.8) is 0 Å². The van der Waals surface area contributed by atoms with Gasteiger partial charge in [0, 0.05) is 31.4 Å². The standard InChI is InChI=1S/C11H17N5S/c1-4-9-12-5-6-16(9)11-15-14-10(17-11)7-13-8(2)3/h5-6,8,13H,4,7H2,1-3H3. The predicted molar refractivity (Wildman–Crippen MR) is 68.4 cm³/mol. The van der Waals surface area contributed by atoms with Crippen molar-refractivity contribution >= 4 is 11.3 Å². The highest BCUT2D eigenvalue weighted by Gasteiger charge is 2.09. The van der Waals surface area contributed by atoms with Crippen LogP contribution in [0.2, 0.25) is 0 Å². The third-order valence-electron chi connectivity index (χ3n) is 2.36. The van der Waals surface area contributed by atoms with Crippen molar-refractivity contribution in [2.24, 2.45) is 0 Å². The van der Waals surface area contributed by atoms with Crippen LogP contribution in [0, 0.1) is 0 Å². The van der Waals surface area contributed by atoms with Gasteiger partial charge in [0.1, 0.15) is 10.8 Å². The second-order valence-corrected chi connectivity index (χ2v) is 5.12. The summed E-state index contributed by atoms with van der Waals surface area (Å²) in [5.74, 6) is 1.02. The summed E-state index contributed by atoms with van der Waals surface area (Å²) in [6.45, 7) is 7.09. The third-order valence-corrected chi connectivity index (χ3v) is 3.28. The van der Waals surface area contributed by atoms with E-state index in [2.05, 4.69) is 41.3 Å². The highest BCUT2D eigenvalue weighted by atomic mass is 32.1. The molecule has 0 spiro atoms. The van der Waals surface area contributed by atoms with Crippen molar-refractivity contribution in [2.75, 3.05) is 0 Å². The molecular formula is C11H17N5S. The average Bonchev–Trinajstić information content (AvgIpc) is 2.94. The van der Waals surface area contributed by atoms with E-state index >= 15 is 0 Å². The lowest BCUT2D eigenvalue weighted by molar-refractivity contribution is 0.584. The summed E-state index contributed by atoms with van der Waals surface area (Å²) in [5.41, 5.74) is 0. The van der Waals surface area contributed by atoms with Gasteiger partial charge in [-0.2, -0.15) is 0 Å². The van der Waals surface area contributed by atoms with Gasteiger partial charge in [0.2, 0.25) is 5.13 Å². The average molecular weight is 251 g/mol. The molecule has 0 aliphatic heterocycles. The lowest BCUT2D eigenvalue weighted by Crippen LogP contribution is -2.21. The SMILES string of the molecule is CCc1nccn1-c1nnc(CNC(C)C)s1. The molecule has 0 radical (unpaired) electrons. The smallest absolute Gasteiger partial charge is 0.217 e. The van der Waals surface area contributed by atoms with Crippen molar-refractivity contribution in [1.82, 2.24) is 25.1 Å². The molecule has 1 N–H and O–H groups in total. The molecule has 2 rings (SSSR count). The molecular weight excluding hydrogens is 234 g/mol. The van der Waals surface area contributed by atoms with Gasteiger partial charge in [-0.1, -0.05) is 32.1 Å². The number of aromatic nitrogens is 4. The van der Waals surface area contributed by atoms with Gasteiger partial charge < -0.3 is 5.32 Å². The summed E-state index contributed by atoms with van der Waals surface area (Å²) in [6.07, 6.45) is 4.62. The van der Waals surface area contributed by atoms with E-state index in [1.165, 1.54) is 0 Å². The zero-order valence-corrected chi connectivity index (χ0v) is 11.2. The molecule has 0 aliphatic rings. The number of hydrogen-bond donors (Lipinski definition) is 1. The molecule has 0 amide bonds. The van der Waals surface area contributed by atoms with E-state index in [9.17, 15) is 0 Å². The maximum absolute atomic E-state index is 4.28.